The average molecular weight is 320 g/mol. The van der Waals surface area contributed by atoms with E-state index in [2.05, 4.69) is 10.1 Å². The summed E-state index contributed by atoms with van der Waals surface area (Å²) in [5.41, 5.74) is 0. The number of likely N-dealkylation sites (tertiary alicyclic amines) is 1. The van der Waals surface area contributed by atoms with E-state index in [-0.39, 0.29) is 43.0 Å². The molecule has 0 spiro atoms. The van der Waals surface area contributed by atoms with Crippen molar-refractivity contribution in [3.8, 4) is 0 Å². The molecule has 0 aromatic heterocycles. The first-order valence-electron chi connectivity index (χ1n) is 6.80. The molecule has 0 radical (unpaired) electrons. The number of esters is 1. The van der Waals surface area contributed by atoms with Crippen molar-refractivity contribution in [1.82, 2.24) is 10.2 Å². The van der Waals surface area contributed by atoms with Crippen LogP contribution in [0.2, 0.25) is 0 Å². The predicted octanol–water partition coefficient (Wildman–Crippen LogP) is -2.10. The van der Waals surface area contributed by atoms with E-state index in [9.17, 15) is 23.1 Å². The molecule has 8 nitrogen and oxygen atoms in total. The Labute approximate surface area is 123 Å². The van der Waals surface area contributed by atoms with Crippen LogP contribution in [-0.4, -0.2) is 80.2 Å². The maximum Gasteiger partial charge on any atom is 0.323 e. The maximum atomic E-state index is 11.9. The zero-order valence-electron chi connectivity index (χ0n) is 11.8. The summed E-state index contributed by atoms with van der Waals surface area (Å²) in [7, 11) is -1.79. The SMILES string of the molecule is COC(=O)C1CC(O)CN1CC(=O)NC1CCS(=O)(=O)C1. The molecule has 1 amide bonds. The van der Waals surface area contributed by atoms with E-state index in [0.29, 0.717) is 6.42 Å². The van der Waals surface area contributed by atoms with Gasteiger partial charge in [0.25, 0.3) is 0 Å². The number of aliphatic hydroxyl groups is 1. The Hall–Kier alpha value is -1.19. The summed E-state index contributed by atoms with van der Waals surface area (Å²) in [6, 6.07) is -1.00. The van der Waals surface area contributed by atoms with Crippen LogP contribution in [0.25, 0.3) is 0 Å². The molecule has 2 rings (SSSR count). The highest BCUT2D eigenvalue weighted by Crippen LogP contribution is 2.19. The first-order valence-corrected chi connectivity index (χ1v) is 8.62. The highest BCUT2D eigenvalue weighted by atomic mass is 32.2. The van der Waals surface area contributed by atoms with Crippen molar-refractivity contribution in [1.29, 1.82) is 0 Å². The molecule has 0 aliphatic carbocycles. The van der Waals surface area contributed by atoms with Gasteiger partial charge in [-0.3, -0.25) is 14.5 Å². The van der Waals surface area contributed by atoms with Crippen LogP contribution < -0.4 is 5.32 Å². The van der Waals surface area contributed by atoms with E-state index < -0.39 is 28.0 Å². The second-order valence-electron chi connectivity index (χ2n) is 5.53. The van der Waals surface area contributed by atoms with Crippen LogP contribution in [0.5, 0.6) is 0 Å². The van der Waals surface area contributed by atoms with Crippen molar-refractivity contribution in [2.45, 2.75) is 31.0 Å². The molecule has 120 valence electrons. The van der Waals surface area contributed by atoms with Gasteiger partial charge in [-0.2, -0.15) is 0 Å². The standard InChI is InChI=1S/C12H20N2O6S/c1-20-12(17)10-4-9(15)5-14(10)6-11(16)13-8-2-3-21(18,19)7-8/h8-10,15H,2-7H2,1H3,(H,13,16). The molecular formula is C12H20N2O6S. The Kier molecular flexibility index (Phi) is 4.84. The van der Waals surface area contributed by atoms with E-state index in [1.807, 2.05) is 0 Å². The van der Waals surface area contributed by atoms with Crippen molar-refractivity contribution in [2.24, 2.45) is 0 Å². The number of nitrogens with one attached hydrogen (secondary N) is 1. The second-order valence-corrected chi connectivity index (χ2v) is 7.75. The van der Waals surface area contributed by atoms with E-state index >= 15 is 0 Å². The van der Waals surface area contributed by atoms with Gasteiger partial charge in [0.2, 0.25) is 5.91 Å². The van der Waals surface area contributed by atoms with E-state index in [1.165, 1.54) is 7.11 Å². The molecule has 21 heavy (non-hydrogen) atoms. The van der Waals surface area contributed by atoms with Gasteiger partial charge in [0.05, 0.1) is 31.3 Å². The number of carbonyl (C=O) groups is 2. The summed E-state index contributed by atoms with van der Waals surface area (Å²) in [5.74, 6) is -0.782. The quantitative estimate of drug-likeness (QED) is 0.570. The molecule has 2 saturated heterocycles. The lowest BCUT2D eigenvalue weighted by Crippen LogP contribution is -2.46. The number of methoxy groups -OCH3 is 1. The van der Waals surface area contributed by atoms with E-state index in [1.54, 1.807) is 4.90 Å². The Balaban J connectivity index is 1.88. The van der Waals surface area contributed by atoms with Crippen molar-refractivity contribution in [2.75, 3.05) is 31.7 Å². The van der Waals surface area contributed by atoms with Crippen LogP contribution in [0.15, 0.2) is 0 Å². The molecule has 0 aromatic rings. The zero-order valence-corrected chi connectivity index (χ0v) is 12.6. The van der Waals surface area contributed by atoms with E-state index in [4.69, 9.17) is 0 Å². The Morgan fingerprint density at radius 1 is 1.43 bits per heavy atom. The number of carbonyl (C=O) groups excluding carboxylic acids is 2. The lowest BCUT2D eigenvalue weighted by molar-refractivity contribution is -0.146. The molecule has 2 fully saturated rings. The van der Waals surface area contributed by atoms with Crippen molar-refractivity contribution < 1.29 is 27.9 Å². The molecular weight excluding hydrogens is 300 g/mol. The largest absolute Gasteiger partial charge is 0.468 e. The van der Waals surface area contributed by atoms with Gasteiger partial charge < -0.3 is 15.2 Å². The Bertz CT molecular complexity index is 520. The first kappa shape index (κ1) is 16.2. The third-order valence-electron chi connectivity index (χ3n) is 3.80. The minimum Gasteiger partial charge on any atom is -0.468 e. The van der Waals surface area contributed by atoms with Crippen molar-refractivity contribution in [3.63, 3.8) is 0 Å². The average Bonchev–Trinajstić information content (AvgIpc) is 2.91. The number of sulfone groups is 1. The predicted molar refractivity (Wildman–Crippen MR) is 73.2 cm³/mol. The van der Waals surface area contributed by atoms with Crippen molar-refractivity contribution >= 4 is 21.7 Å². The molecule has 2 heterocycles. The van der Waals surface area contributed by atoms with E-state index in [0.717, 1.165) is 0 Å². The fraction of sp³-hybridized carbons (Fsp3) is 0.833. The fourth-order valence-electron chi connectivity index (χ4n) is 2.80. The minimum atomic E-state index is -3.05. The van der Waals surface area contributed by atoms with Crippen LogP contribution >= 0.6 is 0 Å². The molecule has 3 atom stereocenters. The molecule has 2 N–H and O–H groups in total. The van der Waals surface area contributed by atoms with Crippen LogP contribution in [0.1, 0.15) is 12.8 Å². The molecule has 0 aromatic carbocycles. The van der Waals surface area contributed by atoms with Crippen molar-refractivity contribution in [3.05, 3.63) is 0 Å². The number of hydrogen-bond acceptors (Lipinski definition) is 7. The summed E-state index contributed by atoms with van der Waals surface area (Å²) in [6.07, 6.45) is -0.0247. The second kappa shape index (κ2) is 6.29. The van der Waals surface area contributed by atoms with Gasteiger partial charge in [-0.25, -0.2) is 8.42 Å². The topological polar surface area (TPSA) is 113 Å². The Morgan fingerprint density at radius 2 is 2.14 bits per heavy atom. The summed E-state index contributed by atoms with van der Waals surface area (Å²) in [5, 5.41) is 12.3. The summed E-state index contributed by atoms with van der Waals surface area (Å²) in [6.45, 7) is 0.156. The van der Waals surface area contributed by atoms with Gasteiger partial charge in [0.15, 0.2) is 9.84 Å². The number of amides is 1. The first-order chi connectivity index (χ1) is 9.80. The zero-order chi connectivity index (χ0) is 15.6. The third kappa shape index (κ3) is 4.14. The smallest absolute Gasteiger partial charge is 0.323 e. The molecule has 9 heteroatoms. The number of aliphatic hydroxyl groups excluding tert-OH is 1. The summed E-state index contributed by atoms with van der Waals surface area (Å²) >= 11 is 0. The monoisotopic (exact) mass is 320 g/mol. The van der Waals surface area contributed by atoms with Crippen LogP contribution in [0.3, 0.4) is 0 Å². The molecule has 2 aliphatic rings. The normalized spacial score (nSPS) is 32.0. The van der Waals surface area contributed by atoms with Gasteiger partial charge in [0.1, 0.15) is 6.04 Å². The lowest BCUT2D eigenvalue weighted by Gasteiger charge is -2.22. The summed E-state index contributed by atoms with van der Waals surface area (Å²) < 4.78 is 27.3. The van der Waals surface area contributed by atoms with Gasteiger partial charge in [-0.1, -0.05) is 0 Å². The molecule has 0 bridgehead atoms. The number of hydrogen-bond donors (Lipinski definition) is 2. The highest BCUT2D eigenvalue weighted by molar-refractivity contribution is 7.91. The summed E-state index contributed by atoms with van der Waals surface area (Å²) in [4.78, 5) is 25.1. The third-order valence-corrected chi connectivity index (χ3v) is 5.57. The Morgan fingerprint density at radius 3 is 2.71 bits per heavy atom. The molecule has 0 saturated carbocycles. The number of rotatable bonds is 4. The fourth-order valence-corrected chi connectivity index (χ4v) is 4.48. The minimum absolute atomic E-state index is 0.0399. The lowest BCUT2D eigenvalue weighted by atomic mass is 10.2. The molecule has 3 unspecified atom stereocenters. The van der Waals surface area contributed by atoms with Gasteiger partial charge >= 0.3 is 5.97 Å². The van der Waals surface area contributed by atoms with Crippen LogP contribution in [-0.2, 0) is 24.2 Å². The van der Waals surface area contributed by atoms with Crippen LogP contribution in [0.4, 0.5) is 0 Å². The van der Waals surface area contributed by atoms with Crippen LogP contribution in [0, 0.1) is 0 Å². The van der Waals surface area contributed by atoms with Gasteiger partial charge in [-0.15, -0.1) is 0 Å². The number of nitrogens with zero attached hydrogens (tertiary/aromatic N) is 1. The number of ether oxygens (including phenoxy) is 1. The van der Waals surface area contributed by atoms with Gasteiger partial charge in [-0.05, 0) is 6.42 Å². The number of β-amino-alcohol motifs (C(OH)–C–C–N with tert-alkyl or cyclic N) is 1. The maximum absolute atomic E-state index is 11.9. The highest BCUT2D eigenvalue weighted by Gasteiger charge is 2.38. The van der Waals surface area contributed by atoms with Gasteiger partial charge in [0, 0.05) is 19.0 Å². The molecule has 2 aliphatic heterocycles.